The number of nitrogens with zero attached hydrogens (tertiary/aromatic N) is 3. The highest BCUT2D eigenvalue weighted by Gasteiger charge is 2.55. The lowest BCUT2D eigenvalue weighted by molar-refractivity contribution is -0.112. The molecule has 2 atom stereocenters. The van der Waals surface area contributed by atoms with Crippen LogP contribution in [0.3, 0.4) is 0 Å². The number of fused-ring (bicyclic) bond motifs is 2. The van der Waals surface area contributed by atoms with E-state index >= 15 is 0 Å². The Hall–Kier alpha value is -3.69. The molecule has 3 aromatic rings. The number of aromatic nitrogens is 2. The second-order valence-corrected chi connectivity index (χ2v) is 7.33. The van der Waals surface area contributed by atoms with Crippen molar-refractivity contribution < 1.29 is 27.9 Å². The van der Waals surface area contributed by atoms with Gasteiger partial charge in [-0.2, -0.15) is 0 Å². The molecule has 1 saturated carbocycles. The highest BCUT2D eigenvalue weighted by atomic mass is 19.1. The number of hydrogen-bond acceptors (Lipinski definition) is 5. The van der Waals surface area contributed by atoms with Gasteiger partial charge in [-0.15, -0.1) is 0 Å². The zero-order chi connectivity index (χ0) is 21.3. The Kier molecular flexibility index (Phi) is 3.76. The van der Waals surface area contributed by atoms with Crippen molar-refractivity contribution in [2.45, 2.75) is 0 Å². The molecule has 0 amide bonds. The van der Waals surface area contributed by atoms with E-state index in [-0.39, 0.29) is 53.2 Å². The van der Waals surface area contributed by atoms with Crippen LogP contribution in [0, 0.1) is 29.3 Å². The number of ketones is 1. The number of Topliss-reactive ketones (excluding diaryl/α,β-unsaturated/α-hetero) is 1. The normalized spacial score (nSPS) is 20.0. The second-order valence-electron chi connectivity index (χ2n) is 7.33. The number of carbonyl (C=O) groups excluding carboxylic acids is 1. The summed E-state index contributed by atoms with van der Waals surface area (Å²) in [5.74, 6) is -4.66. The van der Waals surface area contributed by atoms with Gasteiger partial charge in [0, 0.05) is 37.2 Å². The third-order valence-electron chi connectivity index (χ3n) is 5.55. The summed E-state index contributed by atoms with van der Waals surface area (Å²) < 4.78 is 43.6. The van der Waals surface area contributed by atoms with E-state index in [9.17, 15) is 32.7 Å². The molecule has 0 bridgehead atoms. The van der Waals surface area contributed by atoms with E-state index in [4.69, 9.17) is 0 Å². The maximum absolute atomic E-state index is 14.8. The van der Waals surface area contributed by atoms with Crippen molar-refractivity contribution in [1.82, 2.24) is 9.55 Å². The first-order chi connectivity index (χ1) is 14.3. The van der Waals surface area contributed by atoms with Crippen LogP contribution in [0.15, 0.2) is 35.3 Å². The van der Waals surface area contributed by atoms with Crippen molar-refractivity contribution in [3.05, 3.63) is 63.7 Å². The fraction of sp³-hybridized carbons (Fsp3) is 0.200. The monoisotopic (exact) mass is 415 g/mol. The van der Waals surface area contributed by atoms with Crippen LogP contribution in [0.5, 0.6) is 0 Å². The summed E-state index contributed by atoms with van der Waals surface area (Å²) >= 11 is 0. The van der Waals surface area contributed by atoms with Gasteiger partial charge >= 0.3 is 5.97 Å². The van der Waals surface area contributed by atoms with Gasteiger partial charge in [0.05, 0.1) is 11.1 Å². The van der Waals surface area contributed by atoms with Gasteiger partial charge < -0.3 is 10.0 Å². The number of rotatable bonds is 3. The molecule has 2 aliphatic rings. The minimum absolute atomic E-state index is 0.115. The maximum Gasteiger partial charge on any atom is 0.341 e. The number of carboxylic acids is 1. The number of halogens is 3. The van der Waals surface area contributed by atoms with Gasteiger partial charge in [-0.05, 0) is 18.2 Å². The van der Waals surface area contributed by atoms with Gasteiger partial charge in [0.1, 0.15) is 23.0 Å². The first-order valence-electron chi connectivity index (χ1n) is 8.99. The number of carboxylic acid groups (broad SMARTS) is 1. The van der Waals surface area contributed by atoms with Crippen molar-refractivity contribution in [3.63, 3.8) is 0 Å². The molecule has 0 spiro atoms. The van der Waals surface area contributed by atoms with E-state index in [1.807, 2.05) is 0 Å². The summed E-state index contributed by atoms with van der Waals surface area (Å²) in [7, 11) is 0. The molecule has 10 heteroatoms. The van der Waals surface area contributed by atoms with Gasteiger partial charge in [0.25, 0.3) is 0 Å². The average molecular weight is 415 g/mol. The summed E-state index contributed by atoms with van der Waals surface area (Å²) in [6.07, 6.45) is 0.878. The number of pyridine rings is 2. The Morgan fingerprint density at radius 3 is 2.40 bits per heavy atom. The molecule has 3 heterocycles. The minimum atomic E-state index is -1.58. The molecule has 2 fully saturated rings. The van der Waals surface area contributed by atoms with Gasteiger partial charge in [-0.3, -0.25) is 14.2 Å². The number of anilines is 1. The molecular formula is C20H12F3N3O4. The number of piperidine rings is 1. The third-order valence-corrected chi connectivity index (χ3v) is 5.55. The van der Waals surface area contributed by atoms with Crippen molar-refractivity contribution >= 4 is 28.6 Å². The Labute approximate surface area is 166 Å². The van der Waals surface area contributed by atoms with Crippen molar-refractivity contribution in [2.75, 3.05) is 18.0 Å². The topological polar surface area (TPSA) is 92.5 Å². The van der Waals surface area contributed by atoms with E-state index in [2.05, 4.69) is 4.98 Å². The molecule has 5 rings (SSSR count). The fourth-order valence-electron chi connectivity index (χ4n) is 3.96. The third kappa shape index (κ3) is 2.60. The number of hydrogen-bond donors (Lipinski definition) is 1. The highest BCUT2D eigenvalue weighted by Crippen LogP contribution is 2.42. The lowest BCUT2D eigenvalue weighted by Gasteiger charge is -2.21. The summed E-state index contributed by atoms with van der Waals surface area (Å²) in [4.78, 5) is 41.3. The summed E-state index contributed by atoms with van der Waals surface area (Å²) in [5, 5.41) is 8.98. The molecule has 7 nitrogen and oxygen atoms in total. The van der Waals surface area contributed by atoms with Crippen LogP contribution < -0.4 is 10.3 Å². The molecule has 1 aliphatic carbocycles. The predicted molar refractivity (Wildman–Crippen MR) is 98.4 cm³/mol. The van der Waals surface area contributed by atoms with Crippen LogP contribution in [0.25, 0.3) is 16.7 Å². The molecule has 1 saturated heterocycles. The van der Waals surface area contributed by atoms with E-state index in [1.54, 1.807) is 4.90 Å². The molecule has 30 heavy (non-hydrogen) atoms. The predicted octanol–water partition coefficient (Wildman–Crippen LogP) is 2.14. The van der Waals surface area contributed by atoms with E-state index < -0.39 is 34.4 Å². The molecule has 1 aromatic carbocycles. The van der Waals surface area contributed by atoms with Gasteiger partial charge in [0.15, 0.2) is 17.3 Å². The first kappa shape index (κ1) is 18.3. The lowest BCUT2D eigenvalue weighted by atomic mass is 10.1. The number of benzene rings is 1. The molecule has 152 valence electrons. The first-order valence-corrected chi connectivity index (χ1v) is 8.99. The largest absolute Gasteiger partial charge is 0.477 e. The SMILES string of the molecule is O=C(O)c1cn(-c2ccc(F)cc2F)c2nc(N3C[C@@H]4C(=O)[C@@H]4C3)c(F)cc2c1=O. The van der Waals surface area contributed by atoms with Crippen molar-refractivity contribution in [3.8, 4) is 5.69 Å². The van der Waals surface area contributed by atoms with Crippen LogP contribution in [0.4, 0.5) is 19.0 Å². The molecule has 0 radical (unpaired) electrons. The molecular weight excluding hydrogens is 403 g/mol. The number of carbonyl (C=O) groups is 2. The molecule has 0 unspecified atom stereocenters. The van der Waals surface area contributed by atoms with E-state index in [0.29, 0.717) is 6.07 Å². The van der Waals surface area contributed by atoms with Crippen LogP contribution in [0.1, 0.15) is 10.4 Å². The van der Waals surface area contributed by atoms with Crippen molar-refractivity contribution in [2.24, 2.45) is 11.8 Å². The Morgan fingerprint density at radius 1 is 1.07 bits per heavy atom. The van der Waals surface area contributed by atoms with Gasteiger partial charge in [-0.1, -0.05) is 0 Å². The van der Waals surface area contributed by atoms with Gasteiger partial charge in [0.2, 0.25) is 5.43 Å². The number of aromatic carboxylic acids is 1. The van der Waals surface area contributed by atoms with Crippen LogP contribution >= 0.6 is 0 Å². The Morgan fingerprint density at radius 2 is 1.77 bits per heavy atom. The highest BCUT2D eigenvalue weighted by molar-refractivity contribution is 6.02. The lowest BCUT2D eigenvalue weighted by Crippen LogP contribution is -2.27. The summed E-state index contributed by atoms with van der Waals surface area (Å²) in [6.45, 7) is 0.558. The van der Waals surface area contributed by atoms with Gasteiger partial charge in [-0.25, -0.2) is 22.9 Å². The Bertz CT molecular complexity index is 1320. The van der Waals surface area contributed by atoms with Crippen LogP contribution in [0.2, 0.25) is 0 Å². The molecule has 2 aromatic heterocycles. The quantitative estimate of drug-likeness (QED) is 0.705. The van der Waals surface area contributed by atoms with Crippen LogP contribution in [-0.2, 0) is 4.79 Å². The zero-order valence-corrected chi connectivity index (χ0v) is 15.1. The molecule has 1 N–H and O–H groups in total. The smallest absolute Gasteiger partial charge is 0.341 e. The average Bonchev–Trinajstić information content (AvgIpc) is 3.10. The maximum atomic E-state index is 14.8. The van der Waals surface area contributed by atoms with Crippen LogP contribution in [-0.4, -0.2) is 39.5 Å². The summed E-state index contributed by atoms with van der Waals surface area (Å²) in [6, 6.07) is 3.49. The van der Waals surface area contributed by atoms with Crippen molar-refractivity contribution in [1.29, 1.82) is 0 Å². The summed E-state index contributed by atoms with van der Waals surface area (Å²) in [5.41, 5.74) is -2.13. The zero-order valence-electron chi connectivity index (χ0n) is 15.1. The standard InChI is InChI=1S/C20H12F3N3O4/c21-8-1-2-15(13(22)3-8)26-7-12(20(29)30)16(27)9-4-14(23)19(24-18(9)26)25-5-10-11(6-25)17(10)28/h1-4,7,10-11H,5-6H2,(H,29,30)/t10-,11+. The minimum Gasteiger partial charge on any atom is -0.477 e. The second kappa shape index (κ2) is 6.15. The fourth-order valence-corrected chi connectivity index (χ4v) is 3.96. The molecule has 1 aliphatic heterocycles. The van der Waals surface area contributed by atoms with E-state index in [0.717, 1.165) is 29.0 Å². The van der Waals surface area contributed by atoms with E-state index in [1.165, 1.54) is 0 Å². The Balaban J connectivity index is 1.77.